The number of nitrogens with zero attached hydrogens (tertiary/aromatic N) is 1. The summed E-state index contributed by atoms with van der Waals surface area (Å²) in [5, 5.41) is 8.85. The number of amides is 1. The normalized spacial score (nSPS) is 11.7. The molecule has 0 aliphatic rings. The fourth-order valence-corrected chi connectivity index (χ4v) is 2.40. The van der Waals surface area contributed by atoms with Crippen LogP contribution in [0.3, 0.4) is 0 Å². The molecular weight excluding hydrogens is 304 g/mol. The summed E-state index contributed by atoms with van der Waals surface area (Å²) in [4.78, 5) is 25.1. The van der Waals surface area contributed by atoms with Crippen molar-refractivity contribution in [2.24, 2.45) is 5.73 Å². The molecule has 5 nitrogen and oxygen atoms in total. The molecule has 3 N–H and O–H groups in total. The maximum atomic E-state index is 12.6. The monoisotopic (exact) mass is 326 g/mol. The molecule has 2 aromatic rings. The average Bonchev–Trinajstić information content (AvgIpc) is 2.60. The van der Waals surface area contributed by atoms with Gasteiger partial charge in [-0.3, -0.25) is 9.59 Å². The highest BCUT2D eigenvalue weighted by Crippen LogP contribution is 2.12. The number of rotatable bonds is 8. The van der Waals surface area contributed by atoms with Crippen LogP contribution in [0.2, 0.25) is 0 Å². The summed E-state index contributed by atoms with van der Waals surface area (Å²) in [6, 6.07) is 18.4. The molecule has 2 aromatic carbocycles. The van der Waals surface area contributed by atoms with Gasteiger partial charge in [-0.1, -0.05) is 60.7 Å². The molecule has 5 heteroatoms. The summed E-state index contributed by atoms with van der Waals surface area (Å²) in [5.41, 5.74) is 7.56. The van der Waals surface area contributed by atoms with E-state index in [0.717, 1.165) is 11.1 Å². The van der Waals surface area contributed by atoms with Crippen molar-refractivity contribution >= 4 is 11.9 Å². The minimum absolute atomic E-state index is 0.0978. The molecule has 0 aliphatic heterocycles. The second-order valence-corrected chi connectivity index (χ2v) is 5.70. The van der Waals surface area contributed by atoms with E-state index < -0.39 is 12.0 Å². The third kappa shape index (κ3) is 5.52. The zero-order valence-electron chi connectivity index (χ0n) is 13.5. The zero-order chi connectivity index (χ0) is 17.4. The number of carboxylic acid groups (broad SMARTS) is 1. The van der Waals surface area contributed by atoms with E-state index in [-0.39, 0.29) is 18.7 Å². The lowest BCUT2D eigenvalue weighted by atomic mass is 10.1. The smallest absolute Gasteiger partial charge is 0.320 e. The maximum Gasteiger partial charge on any atom is 0.320 e. The van der Waals surface area contributed by atoms with Crippen LogP contribution in [0.1, 0.15) is 24.0 Å². The van der Waals surface area contributed by atoms with Gasteiger partial charge in [-0.15, -0.1) is 0 Å². The van der Waals surface area contributed by atoms with Gasteiger partial charge in [0.05, 0.1) is 0 Å². The van der Waals surface area contributed by atoms with Crippen LogP contribution in [0.5, 0.6) is 0 Å². The first kappa shape index (κ1) is 17.7. The van der Waals surface area contributed by atoms with Crippen molar-refractivity contribution in [2.45, 2.75) is 32.0 Å². The molecule has 0 unspecified atom stereocenters. The third-order valence-corrected chi connectivity index (χ3v) is 3.77. The first-order valence-electron chi connectivity index (χ1n) is 7.90. The summed E-state index contributed by atoms with van der Waals surface area (Å²) < 4.78 is 0. The van der Waals surface area contributed by atoms with Gasteiger partial charge in [-0.25, -0.2) is 0 Å². The summed E-state index contributed by atoms with van der Waals surface area (Å²) in [6.07, 6.45) is 0.251. The first-order chi connectivity index (χ1) is 11.6. The minimum atomic E-state index is -1.08. The average molecular weight is 326 g/mol. The first-order valence-corrected chi connectivity index (χ1v) is 7.90. The Morgan fingerprint density at radius 1 is 0.917 bits per heavy atom. The number of hydrogen-bond acceptors (Lipinski definition) is 3. The van der Waals surface area contributed by atoms with Crippen LogP contribution in [-0.2, 0) is 22.7 Å². The number of carboxylic acids is 1. The molecule has 126 valence electrons. The Morgan fingerprint density at radius 2 is 1.38 bits per heavy atom. The van der Waals surface area contributed by atoms with Gasteiger partial charge < -0.3 is 15.7 Å². The predicted octanol–water partition coefficient (Wildman–Crippen LogP) is 2.41. The van der Waals surface area contributed by atoms with Crippen LogP contribution in [0.25, 0.3) is 0 Å². The van der Waals surface area contributed by atoms with Crippen molar-refractivity contribution in [3.8, 4) is 0 Å². The van der Waals surface area contributed by atoms with Crippen LogP contribution in [0.15, 0.2) is 60.7 Å². The van der Waals surface area contributed by atoms with E-state index in [0.29, 0.717) is 13.1 Å². The van der Waals surface area contributed by atoms with Crippen molar-refractivity contribution in [1.29, 1.82) is 0 Å². The van der Waals surface area contributed by atoms with Crippen LogP contribution in [0, 0.1) is 0 Å². The predicted molar refractivity (Wildman–Crippen MR) is 92.0 cm³/mol. The Hall–Kier alpha value is -2.66. The van der Waals surface area contributed by atoms with E-state index in [1.807, 2.05) is 60.7 Å². The highest BCUT2D eigenvalue weighted by molar-refractivity contribution is 5.78. The Bertz CT molecular complexity index is 617. The number of benzene rings is 2. The summed E-state index contributed by atoms with van der Waals surface area (Å²) in [6.45, 7) is 0.966. The molecule has 0 saturated carbocycles. The minimum Gasteiger partial charge on any atom is -0.480 e. The lowest BCUT2D eigenvalue weighted by Crippen LogP contribution is -2.34. The van der Waals surface area contributed by atoms with E-state index >= 15 is 0 Å². The second-order valence-electron chi connectivity index (χ2n) is 5.70. The number of carbonyl (C=O) groups is 2. The van der Waals surface area contributed by atoms with Gasteiger partial charge in [0, 0.05) is 19.5 Å². The molecule has 0 spiro atoms. The third-order valence-electron chi connectivity index (χ3n) is 3.77. The molecule has 24 heavy (non-hydrogen) atoms. The summed E-state index contributed by atoms with van der Waals surface area (Å²) in [5.74, 6) is -1.18. The largest absolute Gasteiger partial charge is 0.480 e. The van der Waals surface area contributed by atoms with Gasteiger partial charge >= 0.3 is 5.97 Å². The fraction of sp³-hybridized carbons (Fsp3) is 0.263. The van der Waals surface area contributed by atoms with Gasteiger partial charge in [-0.05, 0) is 17.5 Å². The molecule has 1 atom stereocenters. The van der Waals surface area contributed by atoms with Gasteiger partial charge in [-0.2, -0.15) is 0 Å². The van der Waals surface area contributed by atoms with Crippen LogP contribution in [-0.4, -0.2) is 27.9 Å². The van der Waals surface area contributed by atoms with Crippen LogP contribution < -0.4 is 5.73 Å². The number of aliphatic carboxylic acids is 1. The van der Waals surface area contributed by atoms with Gasteiger partial charge in [0.1, 0.15) is 6.04 Å². The fourth-order valence-electron chi connectivity index (χ4n) is 2.40. The lowest BCUT2D eigenvalue weighted by molar-refractivity contribution is -0.139. The highest BCUT2D eigenvalue weighted by Gasteiger charge is 2.18. The van der Waals surface area contributed by atoms with Gasteiger partial charge in [0.2, 0.25) is 5.91 Å². The van der Waals surface area contributed by atoms with Crippen molar-refractivity contribution in [1.82, 2.24) is 4.90 Å². The molecule has 0 saturated heterocycles. The summed E-state index contributed by atoms with van der Waals surface area (Å²) >= 11 is 0. The number of nitrogens with two attached hydrogens (primary N) is 1. The van der Waals surface area contributed by atoms with Crippen molar-refractivity contribution in [3.05, 3.63) is 71.8 Å². The Labute approximate surface area is 141 Å². The number of carbonyl (C=O) groups excluding carboxylic acids is 1. The number of hydrogen-bond donors (Lipinski definition) is 2. The van der Waals surface area contributed by atoms with E-state index in [9.17, 15) is 9.59 Å². The SMILES string of the molecule is N[C@@H](CCC(=O)N(Cc1ccccc1)Cc1ccccc1)C(=O)O. The van der Waals surface area contributed by atoms with E-state index in [4.69, 9.17) is 10.8 Å². The summed E-state index contributed by atoms with van der Waals surface area (Å²) in [7, 11) is 0. The molecule has 0 bridgehead atoms. The highest BCUT2D eigenvalue weighted by atomic mass is 16.4. The van der Waals surface area contributed by atoms with Crippen LogP contribution >= 0.6 is 0 Å². The van der Waals surface area contributed by atoms with Gasteiger partial charge in [0.25, 0.3) is 0 Å². The molecule has 0 fully saturated rings. The molecule has 0 radical (unpaired) electrons. The molecular formula is C19H22N2O3. The topological polar surface area (TPSA) is 83.6 Å². The quantitative estimate of drug-likeness (QED) is 0.780. The second kappa shape index (κ2) is 8.84. The maximum absolute atomic E-state index is 12.6. The van der Waals surface area contributed by atoms with E-state index in [1.54, 1.807) is 4.90 Å². The molecule has 1 amide bonds. The lowest BCUT2D eigenvalue weighted by Gasteiger charge is -2.23. The molecule has 2 rings (SSSR count). The standard InChI is InChI=1S/C19H22N2O3/c20-17(19(23)24)11-12-18(22)21(13-15-7-3-1-4-8-15)14-16-9-5-2-6-10-16/h1-10,17H,11-14,20H2,(H,23,24)/t17-/m0/s1. The van der Waals surface area contributed by atoms with Gasteiger partial charge in [0.15, 0.2) is 0 Å². The molecule has 0 heterocycles. The van der Waals surface area contributed by atoms with Crippen LogP contribution in [0.4, 0.5) is 0 Å². The van der Waals surface area contributed by atoms with Crippen molar-refractivity contribution in [2.75, 3.05) is 0 Å². The Kier molecular flexibility index (Phi) is 6.51. The molecule has 0 aliphatic carbocycles. The molecule has 0 aromatic heterocycles. The zero-order valence-corrected chi connectivity index (χ0v) is 13.5. The van der Waals surface area contributed by atoms with E-state index in [2.05, 4.69) is 0 Å². The Morgan fingerprint density at radius 3 is 1.79 bits per heavy atom. The van der Waals surface area contributed by atoms with Crippen molar-refractivity contribution < 1.29 is 14.7 Å². The van der Waals surface area contributed by atoms with Crippen molar-refractivity contribution in [3.63, 3.8) is 0 Å². The van der Waals surface area contributed by atoms with E-state index in [1.165, 1.54) is 0 Å². The Balaban J connectivity index is 2.06.